The quantitative estimate of drug-likeness (QED) is 0.440. The minimum absolute atomic E-state index is 0.0188. The molecule has 0 radical (unpaired) electrons. The molecule has 0 unspecified atom stereocenters. The Bertz CT molecular complexity index is 1190. The van der Waals surface area contributed by atoms with Crippen molar-refractivity contribution in [3.05, 3.63) is 70.0 Å². The maximum Gasteiger partial charge on any atom is 0.138 e. The van der Waals surface area contributed by atoms with E-state index in [2.05, 4.69) is 61.7 Å². The van der Waals surface area contributed by atoms with Crippen molar-refractivity contribution in [3.63, 3.8) is 0 Å². The van der Waals surface area contributed by atoms with Crippen LogP contribution >= 0.6 is 11.3 Å². The van der Waals surface area contributed by atoms with Gasteiger partial charge in [0.05, 0.1) is 23.0 Å². The minimum atomic E-state index is -0.0188. The molecule has 27 heavy (non-hydrogen) atoms. The molecule has 0 N–H and O–H groups in total. The Hall–Kier alpha value is -2.64. The number of nitrogens with zero attached hydrogens (tertiary/aromatic N) is 3. The molecule has 0 saturated carbocycles. The number of imidazole rings is 1. The second kappa shape index (κ2) is 6.51. The molecule has 4 rings (SSSR count). The molecule has 3 nitrogen and oxygen atoms in total. The zero-order chi connectivity index (χ0) is 19.2. The highest BCUT2D eigenvalue weighted by Gasteiger charge is 2.27. The fourth-order valence-electron chi connectivity index (χ4n) is 3.70. The highest BCUT2D eigenvalue weighted by atomic mass is 32.1. The van der Waals surface area contributed by atoms with Gasteiger partial charge in [-0.1, -0.05) is 32.9 Å². The first-order valence-electron chi connectivity index (χ1n) is 9.32. The van der Waals surface area contributed by atoms with Crippen LogP contribution in [0.3, 0.4) is 0 Å². The second-order valence-electron chi connectivity index (χ2n) is 7.79. The summed E-state index contributed by atoms with van der Waals surface area (Å²) in [7, 11) is 0. The summed E-state index contributed by atoms with van der Waals surface area (Å²) in [6.45, 7) is 8.89. The highest BCUT2D eigenvalue weighted by molar-refractivity contribution is 7.17. The summed E-state index contributed by atoms with van der Waals surface area (Å²) in [4.78, 5) is 4.96. The molecule has 3 aromatic heterocycles. The van der Waals surface area contributed by atoms with Crippen LogP contribution in [0, 0.1) is 18.3 Å². The first-order chi connectivity index (χ1) is 12.9. The van der Waals surface area contributed by atoms with Gasteiger partial charge in [0.1, 0.15) is 5.65 Å². The van der Waals surface area contributed by atoms with E-state index >= 15 is 0 Å². The largest absolute Gasteiger partial charge is 0.303 e. The lowest BCUT2D eigenvalue weighted by Gasteiger charge is -2.22. The van der Waals surface area contributed by atoms with Crippen LogP contribution in [0.5, 0.6) is 0 Å². The Labute approximate surface area is 163 Å². The van der Waals surface area contributed by atoms with Gasteiger partial charge in [0.2, 0.25) is 0 Å². The van der Waals surface area contributed by atoms with Crippen LogP contribution in [0.4, 0.5) is 0 Å². The predicted molar refractivity (Wildman–Crippen MR) is 113 cm³/mol. The first-order valence-corrected chi connectivity index (χ1v) is 10.2. The molecule has 4 heteroatoms. The molecule has 136 valence electrons. The molecule has 0 saturated heterocycles. The minimum Gasteiger partial charge on any atom is -0.303 e. The summed E-state index contributed by atoms with van der Waals surface area (Å²) in [5.41, 5.74) is 6.52. The topological polar surface area (TPSA) is 41.1 Å². The number of nitriles is 1. The van der Waals surface area contributed by atoms with Gasteiger partial charge < -0.3 is 4.40 Å². The third-order valence-corrected chi connectivity index (χ3v) is 6.62. The summed E-state index contributed by atoms with van der Waals surface area (Å²) in [6.07, 6.45) is 3.85. The van der Waals surface area contributed by atoms with Gasteiger partial charge in [0.25, 0.3) is 0 Å². The van der Waals surface area contributed by atoms with Gasteiger partial charge in [-0.05, 0) is 53.4 Å². The van der Waals surface area contributed by atoms with E-state index < -0.39 is 0 Å². The molecule has 0 aliphatic rings. The Morgan fingerprint density at radius 2 is 2.07 bits per heavy atom. The van der Waals surface area contributed by atoms with Crippen molar-refractivity contribution in [3.8, 4) is 6.07 Å². The number of aromatic nitrogens is 2. The lowest BCUT2D eigenvalue weighted by molar-refractivity contribution is 0.488. The number of benzene rings is 1. The van der Waals surface area contributed by atoms with Crippen molar-refractivity contribution < 1.29 is 0 Å². The van der Waals surface area contributed by atoms with Crippen LogP contribution < -0.4 is 0 Å². The molecule has 0 spiro atoms. The standard InChI is InChI=1S/C23H23N3S/c1-5-23(3,4)22-18(26-10-9-16(13-24)11-20(26)25-22)12-17-14-27-19-8-6-7-15(2)21(17)19/h6-11,14H,5,12H2,1-4H3. The number of thiophene rings is 1. The average Bonchev–Trinajstić information content (AvgIpc) is 3.24. The molecule has 0 amide bonds. The molecule has 0 aliphatic carbocycles. The summed E-state index contributed by atoms with van der Waals surface area (Å²) < 4.78 is 3.50. The lowest BCUT2D eigenvalue weighted by Crippen LogP contribution is -2.18. The van der Waals surface area contributed by atoms with Crippen LogP contribution in [0.25, 0.3) is 15.7 Å². The number of fused-ring (bicyclic) bond motifs is 2. The summed E-state index contributed by atoms with van der Waals surface area (Å²) in [5.74, 6) is 0. The van der Waals surface area contributed by atoms with Gasteiger partial charge in [-0.25, -0.2) is 4.98 Å². The second-order valence-corrected chi connectivity index (χ2v) is 8.70. The van der Waals surface area contributed by atoms with Gasteiger partial charge >= 0.3 is 0 Å². The fourth-order valence-corrected chi connectivity index (χ4v) is 4.74. The Balaban J connectivity index is 1.94. The van der Waals surface area contributed by atoms with E-state index in [9.17, 15) is 5.26 Å². The maximum atomic E-state index is 9.25. The maximum absolute atomic E-state index is 9.25. The number of hydrogen-bond acceptors (Lipinski definition) is 3. The zero-order valence-electron chi connectivity index (χ0n) is 16.2. The molecular weight excluding hydrogens is 350 g/mol. The van der Waals surface area contributed by atoms with E-state index in [1.165, 1.54) is 26.9 Å². The van der Waals surface area contributed by atoms with Gasteiger partial charge in [-0.3, -0.25) is 0 Å². The van der Waals surface area contributed by atoms with Gasteiger partial charge in [0.15, 0.2) is 0 Å². The first kappa shape index (κ1) is 17.8. The van der Waals surface area contributed by atoms with Crippen LogP contribution in [0.1, 0.15) is 55.3 Å². The van der Waals surface area contributed by atoms with Crippen LogP contribution in [0.15, 0.2) is 41.9 Å². The van der Waals surface area contributed by atoms with E-state index in [0.717, 1.165) is 24.2 Å². The molecule has 3 heterocycles. The van der Waals surface area contributed by atoms with Gasteiger partial charge in [0, 0.05) is 22.7 Å². The molecule has 0 fully saturated rings. The third kappa shape index (κ3) is 2.93. The smallest absolute Gasteiger partial charge is 0.138 e. The zero-order valence-corrected chi connectivity index (χ0v) is 17.0. The van der Waals surface area contributed by atoms with E-state index in [1.54, 1.807) is 0 Å². The van der Waals surface area contributed by atoms with E-state index in [-0.39, 0.29) is 5.41 Å². The van der Waals surface area contributed by atoms with Crippen molar-refractivity contribution in [2.45, 2.75) is 46.0 Å². The van der Waals surface area contributed by atoms with E-state index in [1.807, 2.05) is 29.7 Å². The lowest BCUT2D eigenvalue weighted by atomic mass is 9.84. The van der Waals surface area contributed by atoms with Gasteiger partial charge in [-0.15, -0.1) is 11.3 Å². The average molecular weight is 374 g/mol. The highest BCUT2D eigenvalue weighted by Crippen LogP contribution is 2.35. The Morgan fingerprint density at radius 1 is 1.26 bits per heavy atom. The molecule has 1 aromatic carbocycles. The van der Waals surface area contributed by atoms with E-state index in [4.69, 9.17) is 4.98 Å². The van der Waals surface area contributed by atoms with Crippen LogP contribution in [0.2, 0.25) is 0 Å². The van der Waals surface area contributed by atoms with Crippen molar-refractivity contribution in [2.75, 3.05) is 0 Å². The molecule has 0 aliphatic heterocycles. The summed E-state index contributed by atoms with van der Waals surface area (Å²) in [6, 6.07) is 12.5. The predicted octanol–water partition coefficient (Wildman–Crippen LogP) is 6.01. The number of hydrogen-bond donors (Lipinski definition) is 0. The number of aryl methyl sites for hydroxylation is 1. The normalized spacial score (nSPS) is 12.0. The summed E-state index contributed by atoms with van der Waals surface area (Å²) >= 11 is 1.81. The Kier molecular flexibility index (Phi) is 4.28. The SMILES string of the molecule is CCC(C)(C)c1nc2cc(C#N)ccn2c1Cc1csc2cccc(C)c12. The van der Waals surface area contributed by atoms with Crippen molar-refractivity contribution in [1.29, 1.82) is 5.26 Å². The monoisotopic (exact) mass is 373 g/mol. The molecule has 0 bridgehead atoms. The van der Waals surface area contributed by atoms with E-state index in [0.29, 0.717) is 5.56 Å². The molecular formula is C23H23N3S. The van der Waals surface area contributed by atoms with Crippen LogP contribution in [-0.2, 0) is 11.8 Å². The number of rotatable bonds is 4. The fraction of sp³-hybridized carbons (Fsp3) is 0.304. The summed E-state index contributed by atoms with van der Waals surface area (Å²) in [5, 5.41) is 12.9. The van der Waals surface area contributed by atoms with Crippen molar-refractivity contribution >= 4 is 27.1 Å². The molecule has 0 atom stereocenters. The van der Waals surface area contributed by atoms with Crippen molar-refractivity contribution in [1.82, 2.24) is 9.38 Å². The van der Waals surface area contributed by atoms with Crippen LogP contribution in [-0.4, -0.2) is 9.38 Å². The molecule has 4 aromatic rings. The van der Waals surface area contributed by atoms with Gasteiger partial charge in [-0.2, -0.15) is 5.26 Å². The van der Waals surface area contributed by atoms with Crippen molar-refractivity contribution in [2.24, 2.45) is 0 Å². The Morgan fingerprint density at radius 3 is 2.81 bits per heavy atom. The number of pyridine rings is 1. The third-order valence-electron chi connectivity index (χ3n) is 5.62.